The first kappa shape index (κ1) is 14.4. The van der Waals surface area contributed by atoms with Gasteiger partial charge in [0, 0.05) is 25.4 Å². The Kier molecular flexibility index (Phi) is 3.69. The third kappa shape index (κ3) is 2.97. The molecule has 1 aliphatic rings. The van der Waals surface area contributed by atoms with Gasteiger partial charge in [0.25, 0.3) is 0 Å². The van der Waals surface area contributed by atoms with E-state index in [9.17, 15) is 16.8 Å². The van der Waals surface area contributed by atoms with Crippen LogP contribution in [0.5, 0.6) is 0 Å². The quantitative estimate of drug-likeness (QED) is 0.835. The number of rotatable bonds is 3. The fraction of sp³-hybridized carbons (Fsp3) is 0.455. The molecule has 19 heavy (non-hydrogen) atoms. The zero-order valence-electron chi connectivity index (χ0n) is 10.5. The van der Waals surface area contributed by atoms with E-state index in [-0.39, 0.29) is 15.8 Å². The fourth-order valence-corrected chi connectivity index (χ4v) is 4.12. The Bertz CT molecular complexity index is 665. The predicted octanol–water partition coefficient (Wildman–Crippen LogP) is -0.188. The number of sulfonamides is 1. The van der Waals surface area contributed by atoms with Gasteiger partial charge in [0.15, 0.2) is 9.84 Å². The smallest absolute Gasteiger partial charge is 0.243 e. The Hall–Kier alpha value is -0.960. The molecule has 1 heterocycles. The molecule has 1 fully saturated rings. The van der Waals surface area contributed by atoms with Crippen molar-refractivity contribution in [3.8, 4) is 0 Å². The second kappa shape index (κ2) is 4.86. The number of nitrogens with two attached hydrogens (primary N) is 1. The van der Waals surface area contributed by atoms with Crippen molar-refractivity contribution in [2.45, 2.75) is 22.3 Å². The molecule has 0 amide bonds. The van der Waals surface area contributed by atoms with Crippen molar-refractivity contribution in [2.24, 2.45) is 5.73 Å². The van der Waals surface area contributed by atoms with E-state index in [4.69, 9.17) is 5.73 Å². The minimum Gasteiger partial charge on any atom is -0.326 e. The van der Waals surface area contributed by atoms with Gasteiger partial charge in [0.1, 0.15) is 0 Å². The molecule has 0 radical (unpaired) electrons. The van der Waals surface area contributed by atoms with Crippen LogP contribution in [0.4, 0.5) is 0 Å². The van der Waals surface area contributed by atoms with Crippen molar-refractivity contribution in [3.05, 3.63) is 24.3 Å². The molecule has 106 valence electrons. The highest BCUT2D eigenvalue weighted by Gasteiger charge is 2.30. The molecule has 2 rings (SSSR count). The molecule has 0 aromatic heterocycles. The third-order valence-electron chi connectivity index (χ3n) is 3.08. The van der Waals surface area contributed by atoms with E-state index in [1.165, 1.54) is 28.6 Å². The predicted molar refractivity (Wildman–Crippen MR) is 70.9 cm³/mol. The van der Waals surface area contributed by atoms with Crippen LogP contribution in [0.1, 0.15) is 6.42 Å². The van der Waals surface area contributed by atoms with Crippen molar-refractivity contribution < 1.29 is 16.8 Å². The van der Waals surface area contributed by atoms with Crippen LogP contribution in [0.15, 0.2) is 34.1 Å². The third-order valence-corrected chi connectivity index (χ3v) is 6.08. The molecular formula is C11H16N2O4S2. The van der Waals surface area contributed by atoms with E-state index >= 15 is 0 Å². The molecule has 1 aromatic rings. The van der Waals surface area contributed by atoms with E-state index < -0.39 is 19.9 Å². The molecule has 8 heteroatoms. The van der Waals surface area contributed by atoms with Crippen LogP contribution < -0.4 is 5.73 Å². The average molecular weight is 304 g/mol. The molecule has 1 saturated heterocycles. The van der Waals surface area contributed by atoms with E-state index in [2.05, 4.69) is 0 Å². The molecule has 1 aliphatic heterocycles. The maximum atomic E-state index is 12.3. The van der Waals surface area contributed by atoms with Gasteiger partial charge in [0.2, 0.25) is 10.0 Å². The van der Waals surface area contributed by atoms with E-state index in [0.29, 0.717) is 19.5 Å². The van der Waals surface area contributed by atoms with Crippen molar-refractivity contribution in [3.63, 3.8) is 0 Å². The van der Waals surface area contributed by atoms with Crippen molar-refractivity contribution in [2.75, 3.05) is 19.3 Å². The Morgan fingerprint density at radius 2 is 1.63 bits per heavy atom. The highest BCUT2D eigenvalue weighted by molar-refractivity contribution is 7.90. The van der Waals surface area contributed by atoms with Gasteiger partial charge in [-0.15, -0.1) is 0 Å². The van der Waals surface area contributed by atoms with Crippen LogP contribution >= 0.6 is 0 Å². The van der Waals surface area contributed by atoms with Crippen LogP contribution in [0.3, 0.4) is 0 Å². The van der Waals surface area contributed by atoms with Gasteiger partial charge in [-0.25, -0.2) is 16.8 Å². The first-order valence-electron chi connectivity index (χ1n) is 5.77. The minimum atomic E-state index is -3.58. The number of sulfone groups is 1. The van der Waals surface area contributed by atoms with Gasteiger partial charge >= 0.3 is 0 Å². The van der Waals surface area contributed by atoms with Gasteiger partial charge in [-0.1, -0.05) is 0 Å². The van der Waals surface area contributed by atoms with Crippen molar-refractivity contribution >= 4 is 19.9 Å². The first-order chi connectivity index (χ1) is 8.71. The van der Waals surface area contributed by atoms with Crippen LogP contribution in [-0.4, -0.2) is 46.5 Å². The summed E-state index contributed by atoms with van der Waals surface area (Å²) in [5, 5.41) is 0. The molecule has 0 spiro atoms. The molecule has 6 nitrogen and oxygen atoms in total. The lowest BCUT2D eigenvalue weighted by Crippen LogP contribution is -2.31. The summed E-state index contributed by atoms with van der Waals surface area (Å²) in [6.45, 7) is 0.702. The summed E-state index contributed by atoms with van der Waals surface area (Å²) in [5.74, 6) is 0. The maximum Gasteiger partial charge on any atom is 0.243 e. The van der Waals surface area contributed by atoms with Crippen LogP contribution in [-0.2, 0) is 19.9 Å². The average Bonchev–Trinajstić information content (AvgIpc) is 2.76. The molecular weight excluding hydrogens is 288 g/mol. The summed E-state index contributed by atoms with van der Waals surface area (Å²) in [5.41, 5.74) is 5.70. The lowest BCUT2D eigenvalue weighted by atomic mass is 10.3. The summed E-state index contributed by atoms with van der Waals surface area (Å²) in [6, 6.07) is 5.10. The zero-order valence-corrected chi connectivity index (χ0v) is 12.1. The van der Waals surface area contributed by atoms with Gasteiger partial charge < -0.3 is 5.73 Å². The number of benzene rings is 1. The van der Waals surface area contributed by atoms with E-state index in [1.807, 2.05) is 0 Å². The largest absolute Gasteiger partial charge is 0.326 e. The first-order valence-corrected chi connectivity index (χ1v) is 9.10. The lowest BCUT2D eigenvalue weighted by molar-refractivity contribution is 0.472. The Morgan fingerprint density at radius 1 is 1.11 bits per heavy atom. The summed E-state index contributed by atoms with van der Waals surface area (Å²) >= 11 is 0. The Labute approximate surface area is 113 Å². The molecule has 0 bridgehead atoms. The van der Waals surface area contributed by atoms with Crippen LogP contribution in [0, 0.1) is 0 Å². The van der Waals surface area contributed by atoms with E-state index in [1.54, 1.807) is 0 Å². The van der Waals surface area contributed by atoms with Gasteiger partial charge in [0.05, 0.1) is 9.79 Å². The van der Waals surface area contributed by atoms with Gasteiger partial charge in [-0.2, -0.15) is 4.31 Å². The van der Waals surface area contributed by atoms with Crippen LogP contribution in [0.25, 0.3) is 0 Å². The number of nitrogens with zero attached hydrogens (tertiary/aromatic N) is 1. The highest BCUT2D eigenvalue weighted by atomic mass is 32.2. The number of hydrogen-bond acceptors (Lipinski definition) is 5. The topological polar surface area (TPSA) is 97.5 Å². The maximum absolute atomic E-state index is 12.3. The van der Waals surface area contributed by atoms with Crippen molar-refractivity contribution in [1.82, 2.24) is 4.31 Å². The molecule has 2 N–H and O–H groups in total. The summed E-state index contributed by atoms with van der Waals surface area (Å²) in [4.78, 5) is 0.193. The molecule has 1 atom stereocenters. The standard InChI is InChI=1S/C11H16N2O4S2/c1-18(14,15)10-2-4-11(5-3-10)19(16,17)13-7-6-9(12)8-13/h2-5,9H,6-8,12H2,1H3/t9-/m0/s1. The lowest BCUT2D eigenvalue weighted by Gasteiger charge is -2.16. The second-order valence-electron chi connectivity index (χ2n) is 4.66. The molecule has 0 unspecified atom stereocenters. The monoisotopic (exact) mass is 304 g/mol. The molecule has 1 aromatic carbocycles. The Balaban J connectivity index is 2.32. The summed E-state index contributed by atoms with van der Waals surface area (Å²) < 4.78 is 48.5. The SMILES string of the molecule is CS(=O)(=O)c1ccc(S(=O)(=O)N2CC[C@H](N)C2)cc1. The molecule has 0 saturated carbocycles. The summed E-state index contributed by atoms with van der Waals surface area (Å²) in [6.07, 6.45) is 1.72. The van der Waals surface area contributed by atoms with Crippen LogP contribution in [0.2, 0.25) is 0 Å². The second-order valence-corrected chi connectivity index (χ2v) is 8.61. The van der Waals surface area contributed by atoms with Crippen molar-refractivity contribution in [1.29, 1.82) is 0 Å². The van der Waals surface area contributed by atoms with E-state index in [0.717, 1.165) is 6.26 Å². The zero-order chi connectivity index (χ0) is 14.3. The summed E-state index contributed by atoms with van der Waals surface area (Å²) in [7, 11) is -6.90. The minimum absolute atomic E-state index is 0.0917. The number of hydrogen-bond donors (Lipinski definition) is 1. The fourth-order valence-electron chi connectivity index (χ4n) is 1.98. The van der Waals surface area contributed by atoms with Gasteiger partial charge in [-0.3, -0.25) is 0 Å². The normalized spacial score (nSPS) is 21.7. The highest BCUT2D eigenvalue weighted by Crippen LogP contribution is 2.21. The Morgan fingerprint density at radius 3 is 2.05 bits per heavy atom. The van der Waals surface area contributed by atoms with Gasteiger partial charge in [-0.05, 0) is 30.7 Å². The molecule has 0 aliphatic carbocycles.